The summed E-state index contributed by atoms with van der Waals surface area (Å²) >= 11 is 0. The summed E-state index contributed by atoms with van der Waals surface area (Å²) in [6.07, 6.45) is 1.13. The van der Waals surface area contributed by atoms with Gasteiger partial charge in [0.2, 0.25) is 11.7 Å². The Bertz CT molecular complexity index is 1020. The molecule has 10 nitrogen and oxygen atoms in total. The van der Waals surface area contributed by atoms with E-state index in [2.05, 4.69) is 20.0 Å². The number of nitrogens with two attached hydrogens (primary N) is 1. The average Bonchev–Trinajstić information content (AvgIpc) is 2.79. The molecule has 0 radical (unpaired) electrons. The largest absolute Gasteiger partial charge is 0.493 e. The standard InChI is InChI=1S/C22H29F3N6O4/c1-30(9-13-3-4-16(35-22(24)25)17(7-13)34-2)21-19(23)20(28-12-29-21)27-8-14-5-6-31(10-15(14)32)11-18(26)33/h3-4,7,12,14-15,22,32H,5-6,8-11H2,1-2H3,(H2,26,33)(H,27,28,29)/t14-,15+/m0/s1. The van der Waals surface area contributed by atoms with E-state index >= 15 is 4.39 Å². The number of hydrogen-bond acceptors (Lipinski definition) is 9. The molecule has 0 unspecified atom stereocenters. The lowest BCUT2D eigenvalue weighted by atomic mass is 9.94. The van der Waals surface area contributed by atoms with Gasteiger partial charge in [-0.3, -0.25) is 9.69 Å². The molecule has 2 atom stereocenters. The Balaban J connectivity index is 1.63. The van der Waals surface area contributed by atoms with E-state index in [0.717, 1.165) is 0 Å². The molecule has 1 aromatic carbocycles. The smallest absolute Gasteiger partial charge is 0.387 e. The number of amides is 1. The third kappa shape index (κ3) is 7.09. The topological polar surface area (TPSA) is 126 Å². The zero-order chi connectivity index (χ0) is 25.5. The van der Waals surface area contributed by atoms with E-state index in [1.165, 1.54) is 25.6 Å². The summed E-state index contributed by atoms with van der Waals surface area (Å²) in [6, 6.07) is 4.46. The number of alkyl halides is 2. The molecule has 1 aromatic heterocycles. The van der Waals surface area contributed by atoms with Gasteiger partial charge in [-0.05, 0) is 30.7 Å². The molecule has 192 valence electrons. The number of rotatable bonds is 11. The minimum atomic E-state index is -2.98. The first-order valence-corrected chi connectivity index (χ1v) is 10.9. The van der Waals surface area contributed by atoms with Gasteiger partial charge < -0.3 is 30.5 Å². The number of benzene rings is 1. The van der Waals surface area contributed by atoms with Crippen molar-refractivity contribution in [1.29, 1.82) is 0 Å². The number of nitrogens with zero attached hydrogens (tertiary/aromatic N) is 4. The molecule has 0 bridgehead atoms. The lowest BCUT2D eigenvalue weighted by Crippen LogP contribution is -2.48. The maximum atomic E-state index is 15.2. The molecular weight excluding hydrogens is 469 g/mol. The summed E-state index contributed by atoms with van der Waals surface area (Å²) in [7, 11) is 2.96. The fourth-order valence-corrected chi connectivity index (χ4v) is 3.98. The summed E-state index contributed by atoms with van der Waals surface area (Å²) in [5.74, 6) is -1.22. The van der Waals surface area contributed by atoms with Crippen molar-refractivity contribution < 1.29 is 32.5 Å². The number of aliphatic hydroxyl groups is 1. The summed E-state index contributed by atoms with van der Waals surface area (Å²) < 4.78 is 49.8. The highest BCUT2D eigenvalue weighted by Crippen LogP contribution is 2.31. The van der Waals surface area contributed by atoms with Crippen LogP contribution in [0.5, 0.6) is 11.5 Å². The van der Waals surface area contributed by atoms with Crippen molar-refractivity contribution in [3.8, 4) is 11.5 Å². The van der Waals surface area contributed by atoms with Gasteiger partial charge in [0.15, 0.2) is 23.1 Å². The molecule has 35 heavy (non-hydrogen) atoms. The quantitative estimate of drug-likeness (QED) is 0.422. The van der Waals surface area contributed by atoms with Crippen LogP contribution in [0.4, 0.5) is 24.8 Å². The Hall–Kier alpha value is -3.32. The van der Waals surface area contributed by atoms with Crippen LogP contribution in [-0.4, -0.2) is 78.9 Å². The Labute approximate surface area is 200 Å². The summed E-state index contributed by atoms with van der Waals surface area (Å²) in [5, 5.41) is 13.3. The number of aromatic nitrogens is 2. The van der Waals surface area contributed by atoms with Gasteiger partial charge in [-0.15, -0.1) is 0 Å². The van der Waals surface area contributed by atoms with Crippen molar-refractivity contribution in [2.45, 2.75) is 25.7 Å². The molecule has 0 aliphatic carbocycles. The highest BCUT2D eigenvalue weighted by Gasteiger charge is 2.28. The van der Waals surface area contributed by atoms with Gasteiger partial charge in [-0.25, -0.2) is 9.97 Å². The summed E-state index contributed by atoms with van der Waals surface area (Å²) in [6.45, 7) is -1.51. The molecule has 0 spiro atoms. The van der Waals surface area contributed by atoms with E-state index in [1.54, 1.807) is 22.9 Å². The SMILES string of the molecule is COc1cc(CN(C)c2ncnc(NC[C@@H]3CCN(CC(N)=O)C[C@H]3O)c2F)ccc1OC(F)F. The van der Waals surface area contributed by atoms with Crippen LogP contribution in [-0.2, 0) is 11.3 Å². The van der Waals surface area contributed by atoms with Gasteiger partial charge in [-0.1, -0.05) is 6.07 Å². The number of aliphatic hydroxyl groups excluding tert-OH is 1. The molecule has 1 aliphatic heterocycles. The normalized spacial score (nSPS) is 18.4. The Morgan fingerprint density at radius 3 is 2.80 bits per heavy atom. The maximum Gasteiger partial charge on any atom is 0.387 e. The first kappa shape index (κ1) is 26.3. The number of methoxy groups -OCH3 is 1. The maximum absolute atomic E-state index is 15.2. The first-order valence-electron chi connectivity index (χ1n) is 10.9. The van der Waals surface area contributed by atoms with E-state index in [9.17, 15) is 18.7 Å². The zero-order valence-electron chi connectivity index (χ0n) is 19.5. The Morgan fingerprint density at radius 2 is 2.14 bits per heavy atom. The lowest BCUT2D eigenvalue weighted by molar-refractivity contribution is -0.120. The number of ether oxygens (including phenoxy) is 2. The van der Waals surface area contributed by atoms with Gasteiger partial charge in [0.25, 0.3) is 0 Å². The highest BCUT2D eigenvalue weighted by atomic mass is 19.3. The fourth-order valence-electron chi connectivity index (χ4n) is 3.98. The van der Waals surface area contributed by atoms with Gasteiger partial charge in [0, 0.05) is 32.6 Å². The van der Waals surface area contributed by atoms with Crippen LogP contribution in [0.2, 0.25) is 0 Å². The van der Waals surface area contributed by atoms with Crippen LogP contribution < -0.4 is 25.4 Å². The molecule has 4 N–H and O–H groups in total. The number of likely N-dealkylation sites (tertiary alicyclic amines) is 1. The average molecular weight is 499 g/mol. The lowest BCUT2D eigenvalue weighted by Gasteiger charge is -2.35. The van der Waals surface area contributed by atoms with Crippen LogP contribution in [0.1, 0.15) is 12.0 Å². The summed E-state index contributed by atoms with van der Waals surface area (Å²) in [5.41, 5.74) is 5.86. The van der Waals surface area contributed by atoms with E-state index < -0.39 is 24.4 Å². The Morgan fingerprint density at radius 1 is 1.37 bits per heavy atom. The number of primary amides is 1. The van der Waals surface area contributed by atoms with Crippen molar-refractivity contribution in [3.05, 3.63) is 35.9 Å². The molecule has 1 aliphatic rings. The van der Waals surface area contributed by atoms with Crippen molar-refractivity contribution in [3.63, 3.8) is 0 Å². The predicted molar refractivity (Wildman–Crippen MR) is 122 cm³/mol. The van der Waals surface area contributed by atoms with Crippen LogP contribution in [0.25, 0.3) is 0 Å². The molecule has 13 heteroatoms. The van der Waals surface area contributed by atoms with Crippen LogP contribution in [0, 0.1) is 11.7 Å². The number of piperidine rings is 1. The van der Waals surface area contributed by atoms with Gasteiger partial charge in [-0.2, -0.15) is 13.2 Å². The third-order valence-electron chi connectivity index (χ3n) is 5.71. The van der Waals surface area contributed by atoms with E-state index in [0.29, 0.717) is 25.1 Å². The summed E-state index contributed by atoms with van der Waals surface area (Å²) in [4.78, 5) is 22.4. The predicted octanol–water partition coefficient (Wildman–Crippen LogP) is 1.44. The zero-order valence-corrected chi connectivity index (χ0v) is 19.5. The number of anilines is 2. The van der Waals surface area contributed by atoms with E-state index in [1.807, 2.05) is 0 Å². The molecular formula is C22H29F3N6O4. The molecule has 1 amide bonds. The molecule has 0 saturated carbocycles. The molecule has 3 rings (SSSR count). The third-order valence-corrected chi connectivity index (χ3v) is 5.71. The molecule has 1 fully saturated rings. The van der Waals surface area contributed by atoms with Crippen molar-refractivity contribution in [1.82, 2.24) is 14.9 Å². The fraction of sp³-hybridized carbons (Fsp3) is 0.500. The number of β-amino-alcohol motifs (C(OH)–C–C–N with tert-alkyl or cyclic N) is 1. The molecule has 2 heterocycles. The number of nitrogens with one attached hydrogen (secondary N) is 1. The first-order chi connectivity index (χ1) is 16.7. The van der Waals surface area contributed by atoms with Crippen LogP contribution in [0.3, 0.4) is 0 Å². The second kappa shape index (κ2) is 11.9. The van der Waals surface area contributed by atoms with Crippen LogP contribution >= 0.6 is 0 Å². The Kier molecular flexibility index (Phi) is 8.93. The van der Waals surface area contributed by atoms with Crippen molar-refractivity contribution >= 4 is 17.5 Å². The van der Waals surface area contributed by atoms with Crippen molar-refractivity contribution in [2.75, 3.05) is 50.6 Å². The van der Waals surface area contributed by atoms with Crippen molar-refractivity contribution in [2.24, 2.45) is 11.7 Å². The van der Waals surface area contributed by atoms with Gasteiger partial charge >= 0.3 is 6.61 Å². The van der Waals surface area contributed by atoms with E-state index in [-0.39, 0.29) is 48.7 Å². The van der Waals surface area contributed by atoms with E-state index in [4.69, 9.17) is 10.5 Å². The minimum absolute atomic E-state index is 0.00752. The highest BCUT2D eigenvalue weighted by molar-refractivity contribution is 5.75. The monoisotopic (exact) mass is 498 g/mol. The molecule has 2 aromatic rings. The molecule has 1 saturated heterocycles. The van der Waals surface area contributed by atoms with Gasteiger partial charge in [0.05, 0.1) is 19.8 Å². The number of carbonyl (C=O) groups excluding carboxylic acids is 1. The van der Waals surface area contributed by atoms with Crippen LogP contribution in [0.15, 0.2) is 24.5 Å². The minimum Gasteiger partial charge on any atom is -0.493 e. The number of halogens is 3. The van der Waals surface area contributed by atoms with Gasteiger partial charge in [0.1, 0.15) is 6.33 Å². The second-order valence-electron chi connectivity index (χ2n) is 8.28. The second-order valence-corrected chi connectivity index (χ2v) is 8.28. The number of hydrogen-bond donors (Lipinski definition) is 3. The number of carbonyl (C=O) groups is 1.